The van der Waals surface area contributed by atoms with Crippen molar-refractivity contribution in [2.45, 2.75) is 6.92 Å². The monoisotopic (exact) mass is 268 g/mol. The molecule has 5 nitrogen and oxygen atoms in total. The molecule has 3 rings (SSSR count). The summed E-state index contributed by atoms with van der Waals surface area (Å²) in [6.45, 7) is 1.96. The number of ether oxygens (including phenoxy) is 1. The third-order valence-corrected chi connectivity index (χ3v) is 3.23. The van der Waals surface area contributed by atoms with Gasteiger partial charge in [0.2, 0.25) is 0 Å². The van der Waals surface area contributed by atoms with Crippen LogP contribution < -0.4 is 10.1 Å². The van der Waals surface area contributed by atoms with Crippen LogP contribution in [-0.4, -0.2) is 28.9 Å². The molecule has 2 aromatic heterocycles. The van der Waals surface area contributed by atoms with Crippen LogP contribution in [0.5, 0.6) is 5.75 Å². The third kappa shape index (κ3) is 2.07. The minimum atomic E-state index is 0.781. The maximum Gasteiger partial charge on any atom is 0.156 e. The number of pyridine rings is 1. The molecule has 0 amide bonds. The highest BCUT2D eigenvalue weighted by Crippen LogP contribution is 2.27. The predicted octanol–water partition coefficient (Wildman–Crippen LogP) is 2.78. The molecule has 0 aliphatic rings. The molecule has 102 valence electrons. The van der Waals surface area contributed by atoms with E-state index in [1.807, 2.05) is 50.5 Å². The molecule has 2 heterocycles. The first kappa shape index (κ1) is 12.5. The van der Waals surface area contributed by atoms with Crippen molar-refractivity contribution in [1.82, 2.24) is 14.8 Å². The van der Waals surface area contributed by atoms with Gasteiger partial charge in [0.25, 0.3) is 0 Å². The summed E-state index contributed by atoms with van der Waals surface area (Å²) in [6.07, 6.45) is 1.91. The summed E-state index contributed by atoms with van der Waals surface area (Å²) in [5, 5.41) is 8.66. The summed E-state index contributed by atoms with van der Waals surface area (Å²) in [6, 6.07) is 9.81. The van der Waals surface area contributed by atoms with E-state index in [4.69, 9.17) is 4.74 Å². The Morgan fingerprint density at radius 3 is 2.70 bits per heavy atom. The van der Waals surface area contributed by atoms with Gasteiger partial charge in [-0.3, -0.25) is 0 Å². The largest absolute Gasteiger partial charge is 0.497 e. The van der Waals surface area contributed by atoms with Crippen LogP contribution in [0.15, 0.2) is 36.5 Å². The van der Waals surface area contributed by atoms with E-state index in [1.165, 1.54) is 0 Å². The molecule has 0 atom stereocenters. The molecule has 0 fully saturated rings. The Morgan fingerprint density at radius 2 is 2.05 bits per heavy atom. The number of benzene rings is 1. The number of rotatable bonds is 3. The van der Waals surface area contributed by atoms with E-state index in [1.54, 1.807) is 11.8 Å². The van der Waals surface area contributed by atoms with Crippen molar-refractivity contribution in [1.29, 1.82) is 0 Å². The quantitative estimate of drug-likeness (QED) is 0.793. The van der Waals surface area contributed by atoms with E-state index in [2.05, 4.69) is 15.4 Å². The first-order chi connectivity index (χ1) is 9.71. The highest BCUT2D eigenvalue weighted by Gasteiger charge is 2.08. The molecule has 0 bridgehead atoms. The summed E-state index contributed by atoms with van der Waals surface area (Å²) in [4.78, 5) is 4.66. The molecule has 1 N–H and O–H groups in total. The molecule has 0 aliphatic carbocycles. The molecular weight excluding hydrogens is 252 g/mol. The normalized spacial score (nSPS) is 10.8. The first-order valence-corrected chi connectivity index (χ1v) is 6.40. The van der Waals surface area contributed by atoms with E-state index in [9.17, 15) is 0 Å². The van der Waals surface area contributed by atoms with Crippen molar-refractivity contribution in [3.8, 4) is 11.6 Å². The standard InChI is InChI=1S/C15H16N4O/c1-10-6-7-19(18-10)15-9-13(16-2)12-5-4-11(20-3)8-14(12)17-15/h4-9H,1-3H3,(H,16,17). The van der Waals surface area contributed by atoms with Crippen molar-refractivity contribution in [3.05, 3.63) is 42.2 Å². The van der Waals surface area contributed by atoms with Crippen LogP contribution >= 0.6 is 0 Å². The lowest BCUT2D eigenvalue weighted by molar-refractivity contribution is 0.415. The van der Waals surface area contributed by atoms with Gasteiger partial charge in [0.15, 0.2) is 5.82 Å². The average molecular weight is 268 g/mol. The van der Waals surface area contributed by atoms with Gasteiger partial charge in [-0.2, -0.15) is 5.10 Å². The van der Waals surface area contributed by atoms with Gasteiger partial charge in [-0.05, 0) is 25.1 Å². The fourth-order valence-corrected chi connectivity index (χ4v) is 2.19. The van der Waals surface area contributed by atoms with Crippen molar-refractivity contribution in [2.75, 3.05) is 19.5 Å². The zero-order valence-corrected chi connectivity index (χ0v) is 11.7. The first-order valence-electron chi connectivity index (χ1n) is 6.40. The van der Waals surface area contributed by atoms with Crippen molar-refractivity contribution < 1.29 is 4.74 Å². The molecule has 0 aliphatic heterocycles. The Labute approximate surface area is 117 Å². The number of methoxy groups -OCH3 is 1. The fourth-order valence-electron chi connectivity index (χ4n) is 2.19. The highest BCUT2D eigenvalue weighted by molar-refractivity contribution is 5.93. The topological polar surface area (TPSA) is 52.0 Å². The molecule has 20 heavy (non-hydrogen) atoms. The molecule has 3 aromatic rings. The minimum Gasteiger partial charge on any atom is -0.497 e. The Balaban J connectivity index is 2.23. The van der Waals surface area contributed by atoms with Crippen LogP contribution in [0.25, 0.3) is 16.7 Å². The number of anilines is 1. The van der Waals surface area contributed by atoms with Crippen LogP contribution in [0.3, 0.4) is 0 Å². The van der Waals surface area contributed by atoms with Crippen LogP contribution in [0, 0.1) is 6.92 Å². The second kappa shape index (κ2) is 4.85. The summed E-state index contributed by atoms with van der Waals surface area (Å²) in [5.74, 6) is 1.57. The Morgan fingerprint density at radius 1 is 1.20 bits per heavy atom. The molecule has 0 radical (unpaired) electrons. The van der Waals surface area contributed by atoms with Gasteiger partial charge in [-0.25, -0.2) is 9.67 Å². The zero-order valence-electron chi connectivity index (χ0n) is 11.7. The van der Waals surface area contributed by atoms with Crippen LogP contribution in [-0.2, 0) is 0 Å². The van der Waals surface area contributed by atoms with E-state index in [0.717, 1.165) is 33.9 Å². The molecular formula is C15H16N4O. The van der Waals surface area contributed by atoms with Crippen LogP contribution in [0.4, 0.5) is 5.69 Å². The maximum absolute atomic E-state index is 5.26. The Bertz CT molecular complexity index is 764. The second-order valence-corrected chi connectivity index (χ2v) is 4.56. The average Bonchev–Trinajstić information content (AvgIpc) is 2.92. The highest BCUT2D eigenvalue weighted by atomic mass is 16.5. The van der Waals surface area contributed by atoms with Gasteiger partial charge in [-0.15, -0.1) is 0 Å². The number of hydrogen-bond acceptors (Lipinski definition) is 4. The minimum absolute atomic E-state index is 0.781. The lowest BCUT2D eigenvalue weighted by atomic mass is 10.1. The molecule has 1 aromatic carbocycles. The maximum atomic E-state index is 5.26. The summed E-state index contributed by atoms with van der Waals surface area (Å²) in [5.41, 5.74) is 2.85. The number of fused-ring (bicyclic) bond motifs is 1. The van der Waals surface area contributed by atoms with Gasteiger partial charge in [0.05, 0.1) is 18.3 Å². The van der Waals surface area contributed by atoms with Crippen molar-refractivity contribution >= 4 is 16.6 Å². The number of aromatic nitrogens is 3. The number of hydrogen-bond donors (Lipinski definition) is 1. The van der Waals surface area contributed by atoms with Gasteiger partial charge in [0.1, 0.15) is 5.75 Å². The third-order valence-electron chi connectivity index (χ3n) is 3.23. The Hall–Kier alpha value is -2.56. The fraction of sp³-hybridized carbons (Fsp3) is 0.200. The van der Waals surface area contributed by atoms with Gasteiger partial charge in [-0.1, -0.05) is 0 Å². The molecule has 0 unspecified atom stereocenters. The smallest absolute Gasteiger partial charge is 0.156 e. The van der Waals surface area contributed by atoms with Gasteiger partial charge >= 0.3 is 0 Å². The zero-order chi connectivity index (χ0) is 14.1. The van der Waals surface area contributed by atoms with E-state index < -0.39 is 0 Å². The van der Waals surface area contributed by atoms with E-state index in [0.29, 0.717) is 0 Å². The van der Waals surface area contributed by atoms with Crippen LogP contribution in [0.2, 0.25) is 0 Å². The SMILES string of the molecule is CNc1cc(-n2ccc(C)n2)nc2cc(OC)ccc12. The van der Waals surface area contributed by atoms with E-state index >= 15 is 0 Å². The number of nitrogens with one attached hydrogen (secondary N) is 1. The van der Waals surface area contributed by atoms with E-state index in [-0.39, 0.29) is 0 Å². The summed E-state index contributed by atoms with van der Waals surface area (Å²) >= 11 is 0. The van der Waals surface area contributed by atoms with Crippen molar-refractivity contribution in [3.63, 3.8) is 0 Å². The lowest BCUT2D eigenvalue weighted by Gasteiger charge is -2.10. The lowest BCUT2D eigenvalue weighted by Crippen LogP contribution is -2.01. The summed E-state index contributed by atoms with van der Waals surface area (Å²) < 4.78 is 7.04. The van der Waals surface area contributed by atoms with Gasteiger partial charge < -0.3 is 10.1 Å². The van der Waals surface area contributed by atoms with Crippen molar-refractivity contribution in [2.24, 2.45) is 0 Å². The van der Waals surface area contributed by atoms with Gasteiger partial charge in [0, 0.05) is 36.5 Å². The molecule has 0 saturated carbocycles. The second-order valence-electron chi connectivity index (χ2n) is 4.56. The number of nitrogens with zero attached hydrogens (tertiary/aromatic N) is 3. The molecule has 5 heteroatoms. The summed E-state index contributed by atoms with van der Waals surface area (Å²) in [7, 11) is 3.55. The predicted molar refractivity (Wildman–Crippen MR) is 79.7 cm³/mol. The molecule has 0 spiro atoms. The number of aryl methyl sites for hydroxylation is 1. The van der Waals surface area contributed by atoms with Crippen LogP contribution in [0.1, 0.15) is 5.69 Å². The Kier molecular flexibility index (Phi) is 3.02. The molecule has 0 saturated heterocycles.